The van der Waals surface area contributed by atoms with Gasteiger partial charge in [0.05, 0.1) is 12.8 Å². The fourth-order valence-electron chi connectivity index (χ4n) is 1.89. The molecule has 2 rings (SSSR count). The molecule has 0 heterocycles. The lowest BCUT2D eigenvalue weighted by atomic mass is 10.1. The van der Waals surface area contributed by atoms with E-state index in [4.69, 9.17) is 4.74 Å². The van der Waals surface area contributed by atoms with Crippen LogP contribution in [0.2, 0.25) is 0 Å². The Morgan fingerprint density at radius 2 is 1.71 bits per heavy atom. The van der Waals surface area contributed by atoms with Gasteiger partial charge in [0.25, 0.3) is 0 Å². The van der Waals surface area contributed by atoms with Gasteiger partial charge in [0.15, 0.2) is 0 Å². The maximum atomic E-state index is 11.8. The quantitative estimate of drug-likeness (QED) is 0.453. The average molecular weight is 327 g/mol. The van der Waals surface area contributed by atoms with Crippen molar-refractivity contribution in [2.75, 3.05) is 12.4 Å². The molecule has 24 heavy (non-hydrogen) atoms. The van der Waals surface area contributed by atoms with E-state index in [-0.39, 0.29) is 5.75 Å². The lowest BCUT2D eigenvalue weighted by Crippen LogP contribution is -2.32. The Hall–Kier alpha value is -3.35. The molecular weight excluding hydrogens is 310 g/mol. The monoisotopic (exact) mass is 327 g/mol. The summed E-state index contributed by atoms with van der Waals surface area (Å²) < 4.78 is 5.01. The van der Waals surface area contributed by atoms with E-state index < -0.39 is 11.8 Å². The number of phenolic OH excluding ortho intramolecular Hbond substituents is 1. The molecule has 2 aromatic carbocycles. The lowest BCUT2D eigenvalue weighted by molar-refractivity contribution is -0.136. The van der Waals surface area contributed by atoms with Crippen molar-refractivity contribution in [1.82, 2.24) is 5.43 Å². The number of carbonyl (C=O) groups is 2. The van der Waals surface area contributed by atoms with Gasteiger partial charge in [-0.2, -0.15) is 5.10 Å². The summed E-state index contributed by atoms with van der Waals surface area (Å²) in [7, 11) is 1.53. The Balaban J connectivity index is 1.97. The van der Waals surface area contributed by atoms with Crippen LogP contribution in [0.4, 0.5) is 5.69 Å². The van der Waals surface area contributed by atoms with Gasteiger partial charge in [0, 0.05) is 11.3 Å². The predicted octanol–water partition coefficient (Wildman–Crippen LogP) is 1.88. The molecule has 0 fully saturated rings. The van der Waals surface area contributed by atoms with Gasteiger partial charge in [0.1, 0.15) is 11.5 Å². The summed E-state index contributed by atoms with van der Waals surface area (Å²) in [5.74, 6) is -1.09. The van der Waals surface area contributed by atoms with E-state index in [1.54, 1.807) is 49.4 Å². The highest BCUT2D eigenvalue weighted by molar-refractivity contribution is 6.39. The summed E-state index contributed by atoms with van der Waals surface area (Å²) in [4.78, 5) is 23.6. The molecule has 0 unspecified atom stereocenters. The molecular formula is C17H17N3O4. The van der Waals surface area contributed by atoms with Crippen LogP contribution in [0.25, 0.3) is 0 Å². The Morgan fingerprint density at radius 3 is 2.33 bits per heavy atom. The van der Waals surface area contributed by atoms with Gasteiger partial charge in [0.2, 0.25) is 0 Å². The number of phenols is 1. The van der Waals surface area contributed by atoms with Crippen LogP contribution in [0.15, 0.2) is 53.6 Å². The fraction of sp³-hybridized carbons (Fsp3) is 0.118. The molecule has 2 amide bonds. The van der Waals surface area contributed by atoms with E-state index in [2.05, 4.69) is 15.8 Å². The van der Waals surface area contributed by atoms with E-state index in [1.165, 1.54) is 13.2 Å². The van der Waals surface area contributed by atoms with Gasteiger partial charge in [-0.3, -0.25) is 9.59 Å². The average Bonchev–Trinajstić information content (AvgIpc) is 2.60. The van der Waals surface area contributed by atoms with Crippen molar-refractivity contribution in [2.45, 2.75) is 6.92 Å². The molecule has 0 aromatic heterocycles. The van der Waals surface area contributed by atoms with Crippen LogP contribution in [0.1, 0.15) is 12.5 Å². The Morgan fingerprint density at radius 1 is 1.04 bits per heavy atom. The molecule has 0 spiro atoms. The number of rotatable bonds is 4. The number of ether oxygens (including phenoxy) is 1. The van der Waals surface area contributed by atoms with E-state index in [9.17, 15) is 14.7 Å². The second-order valence-corrected chi connectivity index (χ2v) is 4.84. The van der Waals surface area contributed by atoms with Crippen LogP contribution < -0.4 is 15.5 Å². The van der Waals surface area contributed by atoms with E-state index in [0.717, 1.165) is 0 Å². The smallest absolute Gasteiger partial charge is 0.329 e. The fourth-order valence-corrected chi connectivity index (χ4v) is 1.89. The highest BCUT2D eigenvalue weighted by Crippen LogP contribution is 2.16. The maximum absolute atomic E-state index is 11.8. The third-order valence-electron chi connectivity index (χ3n) is 3.17. The SMILES string of the molecule is COc1ccc(NC(=O)C(=O)NN=C(C)c2ccccc2O)cc1. The maximum Gasteiger partial charge on any atom is 0.329 e. The molecule has 124 valence electrons. The number of nitrogens with one attached hydrogen (secondary N) is 2. The molecule has 2 aromatic rings. The minimum Gasteiger partial charge on any atom is -0.507 e. The minimum atomic E-state index is -0.916. The minimum absolute atomic E-state index is 0.0377. The summed E-state index contributed by atoms with van der Waals surface area (Å²) in [6.45, 7) is 1.61. The van der Waals surface area contributed by atoms with Gasteiger partial charge < -0.3 is 15.2 Å². The number of methoxy groups -OCH3 is 1. The van der Waals surface area contributed by atoms with Gasteiger partial charge in [-0.1, -0.05) is 12.1 Å². The number of hydrogen-bond donors (Lipinski definition) is 3. The molecule has 0 radical (unpaired) electrons. The summed E-state index contributed by atoms with van der Waals surface area (Å²) in [6.07, 6.45) is 0. The zero-order chi connectivity index (χ0) is 17.5. The number of para-hydroxylation sites is 1. The normalized spacial score (nSPS) is 10.8. The number of carbonyl (C=O) groups excluding carboxylic acids is 2. The van der Waals surface area contributed by atoms with Crippen molar-refractivity contribution < 1.29 is 19.4 Å². The van der Waals surface area contributed by atoms with Crippen molar-refractivity contribution in [2.24, 2.45) is 5.10 Å². The van der Waals surface area contributed by atoms with E-state index >= 15 is 0 Å². The molecule has 0 aliphatic carbocycles. The number of anilines is 1. The number of aromatic hydroxyl groups is 1. The van der Waals surface area contributed by atoms with Crippen LogP contribution in [-0.4, -0.2) is 29.7 Å². The van der Waals surface area contributed by atoms with Gasteiger partial charge >= 0.3 is 11.8 Å². The highest BCUT2D eigenvalue weighted by atomic mass is 16.5. The van der Waals surface area contributed by atoms with Gasteiger partial charge in [-0.15, -0.1) is 0 Å². The molecule has 0 bridgehead atoms. The first kappa shape index (κ1) is 17.0. The molecule has 0 aliphatic rings. The largest absolute Gasteiger partial charge is 0.507 e. The first-order valence-corrected chi connectivity index (χ1v) is 7.09. The number of amides is 2. The molecule has 0 saturated heterocycles. The molecule has 0 aliphatic heterocycles. The van der Waals surface area contributed by atoms with Crippen molar-refractivity contribution in [3.8, 4) is 11.5 Å². The summed E-state index contributed by atoms with van der Waals surface area (Å²) in [5.41, 5.74) is 3.45. The van der Waals surface area contributed by atoms with Crippen LogP contribution in [0.5, 0.6) is 11.5 Å². The number of hydrogen-bond acceptors (Lipinski definition) is 5. The summed E-state index contributed by atoms with van der Waals surface area (Å²) in [5, 5.41) is 16.0. The van der Waals surface area contributed by atoms with E-state index in [0.29, 0.717) is 22.7 Å². The zero-order valence-corrected chi connectivity index (χ0v) is 13.2. The van der Waals surface area contributed by atoms with Crippen LogP contribution in [-0.2, 0) is 9.59 Å². The van der Waals surface area contributed by atoms with Crippen molar-refractivity contribution in [3.63, 3.8) is 0 Å². The second kappa shape index (κ2) is 7.77. The number of nitrogens with zero attached hydrogens (tertiary/aromatic N) is 1. The molecule has 0 saturated carbocycles. The predicted molar refractivity (Wildman–Crippen MR) is 90.1 cm³/mol. The first-order valence-electron chi connectivity index (χ1n) is 7.09. The molecule has 0 atom stereocenters. The Labute approximate surface area is 139 Å². The zero-order valence-electron chi connectivity index (χ0n) is 13.2. The van der Waals surface area contributed by atoms with E-state index in [1.807, 2.05) is 0 Å². The van der Waals surface area contributed by atoms with Gasteiger partial charge in [-0.25, -0.2) is 5.43 Å². The standard InChI is InChI=1S/C17H17N3O4/c1-11(14-5-3-4-6-15(14)21)19-20-17(23)16(22)18-12-7-9-13(24-2)10-8-12/h3-10,21H,1-2H3,(H,18,22)(H,20,23). The van der Waals surface area contributed by atoms with Gasteiger partial charge in [-0.05, 0) is 43.3 Å². The van der Waals surface area contributed by atoms with Crippen molar-refractivity contribution in [3.05, 3.63) is 54.1 Å². The Bertz CT molecular complexity index is 770. The van der Waals surface area contributed by atoms with Crippen LogP contribution in [0.3, 0.4) is 0 Å². The van der Waals surface area contributed by atoms with Crippen LogP contribution >= 0.6 is 0 Å². The third kappa shape index (κ3) is 4.33. The highest BCUT2D eigenvalue weighted by Gasteiger charge is 2.13. The van der Waals surface area contributed by atoms with Crippen LogP contribution in [0, 0.1) is 0 Å². The Kier molecular flexibility index (Phi) is 5.51. The summed E-state index contributed by atoms with van der Waals surface area (Å²) in [6, 6.07) is 13.1. The van der Waals surface area contributed by atoms with Crippen molar-refractivity contribution >= 4 is 23.2 Å². The number of hydrazone groups is 1. The third-order valence-corrected chi connectivity index (χ3v) is 3.17. The molecule has 3 N–H and O–H groups in total. The van der Waals surface area contributed by atoms with Crippen molar-refractivity contribution in [1.29, 1.82) is 0 Å². The summed E-state index contributed by atoms with van der Waals surface area (Å²) >= 11 is 0. The number of benzene rings is 2. The first-order chi connectivity index (χ1) is 11.5. The second-order valence-electron chi connectivity index (χ2n) is 4.84. The molecule has 7 nitrogen and oxygen atoms in total. The lowest BCUT2D eigenvalue weighted by Gasteiger charge is -2.06. The molecule has 7 heteroatoms. The topological polar surface area (TPSA) is 100 Å².